The molecule has 3 heterocycles. The number of aromatic nitrogens is 5. The molecule has 0 saturated carbocycles. The summed E-state index contributed by atoms with van der Waals surface area (Å²) in [5.74, 6) is -2.42. The first-order chi connectivity index (χ1) is 17.4. The van der Waals surface area contributed by atoms with E-state index in [9.17, 15) is 28.8 Å². The molecular weight excluding hydrogens is 494 g/mol. The molecule has 0 unspecified atom stereocenters. The summed E-state index contributed by atoms with van der Waals surface area (Å²) in [5.41, 5.74) is -0.797. The number of H-pyrrole nitrogens is 1. The molecule has 15 nitrogen and oxygen atoms in total. The number of esters is 3. The largest absolute Gasteiger partial charge is 0.456 e. The summed E-state index contributed by atoms with van der Waals surface area (Å²) in [6.45, 7) is 4.71. The number of Topliss-reactive ketones (excluding diaryl/α,β-unsaturated/α-hetero) is 1. The number of aromatic amines is 1. The Bertz CT molecular complexity index is 1280. The number of nitrogens with one attached hydrogen (secondary N) is 1. The van der Waals surface area contributed by atoms with Gasteiger partial charge in [0, 0.05) is 39.5 Å². The first-order valence-corrected chi connectivity index (χ1v) is 11.3. The average Bonchev–Trinajstić information content (AvgIpc) is 3.21. The maximum absolute atomic E-state index is 11.9. The lowest BCUT2D eigenvalue weighted by molar-refractivity contribution is -0.249. The lowest BCUT2D eigenvalue weighted by atomic mass is 9.91. The van der Waals surface area contributed by atoms with Crippen molar-refractivity contribution in [1.29, 1.82) is 0 Å². The van der Waals surface area contributed by atoms with Crippen molar-refractivity contribution < 1.29 is 38.1 Å². The van der Waals surface area contributed by atoms with E-state index in [0.717, 1.165) is 20.8 Å². The van der Waals surface area contributed by atoms with E-state index in [2.05, 4.69) is 15.3 Å². The first-order valence-electron chi connectivity index (χ1n) is 11.3. The lowest BCUT2D eigenvalue weighted by Gasteiger charge is -2.44. The van der Waals surface area contributed by atoms with E-state index in [1.165, 1.54) is 34.6 Å². The van der Waals surface area contributed by atoms with Gasteiger partial charge in [-0.15, -0.1) is 5.10 Å². The molecule has 1 fully saturated rings. The second kappa shape index (κ2) is 11.7. The van der Waals surface area contributed by atoms with Crippen LogP contribution in [-0.2, 0) is 51.2 Å². The van der Waals surface area contributed by atoms with Crippen LogP contribution in [0.1, 0.15) is 39.8 Å². The van der Waals surface area contributed by atoms with Gasteiger partial charge < -0.3 is 18.9 Å². The van der Waals surface area contributed by atoms with Crippen LogP contribution < -0.4 is 11.2 Å². The summed E-state index contributed by atoms with van der Waals surface area (Å²) in [6.07, 6.45) is -3.06. The van der Waals surface area contributed by atoms with Gasteiger partial charge in [-0.1, -0.05) is 5.21 Å². The van der Waals surface area contributed by atoms with Crippen LogP contribution in [0.15, 0.2) is 28.0 Å². The molecule has 1 saturated heterocycles. The van der Waals surface area contributed by atoms with Gasteiger partial charge in [-0.25, -0.2) is 9.48 Å². The molecule has 0 amide bonds. The van der Waals surface area contributed by atoms with Crippen molar-refractivity contribution in [2.75, 3.05) is 0 Å². The van der Waals surface area contributed by atoms with Crippen molar-refractivity contribution >= 4 is 23.7 Å². The number of ether oxygens (including phenoxy) is 4. The Kier molecular flexibility index (Phi) is 8.70. The fourth-order valence-corrected chi connectivity index (χ4v) is 4.01. The van der Waals surface area contributed by atoms with Crippen LogP contribution in [0.25, 0.3) is 0 Å². The second-order valence-electron chi connectivity index (χ2n) is 8.51. The number of rotatable bonds is 9. The Hall–Kier alpha value is -4.14. The maximum Gasteiger partial charge on any atom is 0.328 e. The molecule has 3 rings (SSSR count). The van der Waals surface area contributed by atoms with E-state index in [0.29, 0.717) is 5.69 Å². The molecule has 0 bridgehead atoms. The molecule has 2 aromatic heterocycles. The number of carbonyl (C=O) groups excluding carboxylic acids is 4. The van der Waals surface area contributed by atoms with Crippen LogP contribution >= 0.6 is 0 Å². The zero-order chi connectivity index (χ0) is 27.3. The topological polar surface area (TPSA) is 191 Å². The minimum atomic E-state index is -1.27. The fraction of sp³-hybridized carbons (Fsp3) is 0.545. The minimum Gasteiger partial charge on any atom is -0.456 e. The molecule has 200 valence electrons. The number of nitrogens with zero attached hydrogens (tertiary/aromatic N) is 4. The molecule has 15 heteroatoms. The maximum atomic E-state index is 11.9. The molecule has 37 heavy (non-hydrogen) atoms. The highest BCUT2D eigenvalue weighted by atomic mass is 16.6. The molecule has 0 aliphatic carbocycles. The zero-order valence-corrected chi connectivity index (χ0v) is 20.6. The third-order valence-corrected chi connectivity index (χ3v) is 5.31. The highest BCUT2D eigenvalue weighted by Crippen LogP contribution is 2.31. The highest BCUT2D eigenvalue weighted by molar-refractivity contribution is 5.76. The fourth-order valence-electron chi connectivity index (χ4n) is 4.01. The van der Waals surface area contributed by atoms with Gasteiger partial charge in [0.1, 0.15) is 23.7 Å². The molecule has 1 aliphatic heterocycles. The Morgan fingerprint density at radius 3 is 2.11 bits per heavy atom. The molecular formula is C22H27N5O10. The van der Waals surface area contributed by atoms with E-state index in [1.807, 2.05) is 0 Å². The van der Waals surface area contributed by atoms with Crippen LogP contribution in [0.5, 0.6) is 0 Å². The van der Waals surface area contributed by atoms with Crippen LogP contribution in [-0.4, -0.2) is 78.8 Å². The minimum absolute atomic E-state index is 0.00602. The number of carbonyl (C=O) groups is 4. The molecule has 1 aliphatic rings. The van der Waals surface area contributed by atoms with E-state index >= 15 is 0 Å². The predicted octanol–water partition coefficient (Wildman–Crippen LogP) is -1.28. The Morgan fingerprint density at radius 2 is 1.54 bits per heavy atom. The van der Waals surface area contributed by atoms with Crippen LogP contribution in [0, 0.1) is 0 Å². The van der Waals surface area contributed by atoms with Crippen molar-refractivity contribution in [3.05, 3.63) is 45.0 Å². The lowest BCUT2D eigenvalue weighted by Crippen LogP contribution is -2.62. The number of hydrogen-bond donors (Lipinski definition) is 1. The summed E-state index contributed by atoms with van der Waals surface area (Å²) in [6, 6.07) is 1.19. The smallest absolute Gasteiger partial charge is 0.328 e. The summed E-state index contributed by atoms with van der Waals surface area (Å²) < 4.78 is 24.8. The third-order valence-electron chi connectivity index (χ3n) is 5.31. The van der Waals surface area contributed by atoms with E-state index in [4.69, 9.17) is 18.9 Å². The summed E-state index contributed by atoms with van der Waals surface area (Å²) >= 11 is 0. The Balaban J connectivity index is 1.91. The standard InChI is InChI=1S/C22H27N5O10/c1-11(28)7-16-19(34-12(2)29)21(36-14(4)31)20(35-13(3)30)17(37-16)10-27-9-15(24-25-27)8-26-6-5-18(32)23-22(26)33/h5-6,9,16-17,19-21H,7-8,10H2,1-4H3,(H,23,32,33)/t16-,17+,19-,20+,21+/m0/s1. The SMILES string of the molecule is CC(=O)C[C@@H]1O[C@H](Cn2cc(Cn3ccc(=O)[nH]c3=O)nn2)[C@@H](OC(C)=O)[C@H](OC(C)=O)[C@H]1OC(C)=O. The van der Waals surface area contributed by atoms with Crippen molar-refractivity contribution in [2.45, 2.75) is 77.7 Å². The summed E-state index contributed by atoms with van der Waals surface area (Å²) in [7, 11) is 0. The van der Waals surface area contributed by atoms with E-state index in [-0.39, 0.29) is 25.3 Å². The molecule has 2 aromatic rings. The van der Waals surface area contributed by atoms with Gasteiger partial charge >= 0.3 is 23.6 Å². The molecule has 0 radical (unpaired) electrons. The number of hydrogen-bond acceptors (Lipinski definition) is 12. The van der Waals surface area contributed by atoms with E-state index < -0.39 is 59.7 Å². The van der Waals surface area contributed by atoms with Gasteiger partial charge in [0.25, 0.3) is 5.56 Å². The van der Waals surface area contributed by atoms with Crippen LogP contribution in [0.4, 0.5) is 0 Å². The quantitative estimate of drug-likeness (QED) is 0.304. The Morgan fingerprint density at radius 1 is 0.946 bits per heavy atom. The average molecular weight is 521 g/mol. The van der Waals surface area contributed by atoms with Gasteiger partial charge in [-0.2, -0.15) is 0 Å². The van der Waals surface area contributed by atoms with Gasteiger partial charge in [-0.05, 0) is 6.92 Å². The predicted molar refractivity (Wildman–Crippen MR) is 121 cm³/mol. The molecule has 5 atom stereocenters. The normalized spacial score (nSPS) is 23.2. The van der Waals surface area contributed by atoms with E-state index in [1.54, 1.807) is 0 Å². The highest BCUT2D eigenvalue weighted by Gasteiger charge is 2.52. The molecule has 0 spiro atoms. The summed E-state index contributed by atoms with van der Waals surface area (Å²) in [4.78, 5) is 72.9. The van der Waals surface area contributed by atoms with Crippen molar-refractivity contribution in [2.24, 2.45) is 0 Å². The van der Waals surface area contributed by atoms with Crippen molar-refractivity contribution in [1.82, 2.24) is 24.5 Å². The summed E-state index contributed by atoms with van der Waals surface area (Å²) in [5, 5.41) is 8.01. The van der Waals surface area contributed by atoms with Gasteiger partial charge in [0.15, 0.2) is 18.3 Å². The van der Waals surface area contributed by atoms with Gasteiger partial charge in [0.2, 0.25) is 0 Å². The monoisotopic (exact) mass is 521 g/mol. The second-order valence-corrected chi connectivity index (χ2v) is 8.51. The van der Waals surface area contributed by atoms with Crippen LogP contribution in [0.2, 0.25) is 0 Å². The molecule has 1 N–H and O–H groups in total. The van der Waals surface area contributed by atoms with Gasteiger partial charge in [0.05, 0.1) is 19.3 Å². The number of ketones is 1. The van der Waals surface area contributed by atoms with Gasteiger partial charge in [-0.3, -0.25) is 33.5 Å². The van der Waals surface area contributed by atoms with Crippen molar-refractivity contribution in [3.8, 4) is 0 Å². The molecule has 0 aromatic carbocycles. The third kappa shape index (κ3) is 7.42. The van der Waals surface area contributed by atoms with Crippen molar-refractivity contribution in [3.63, 3.8) is 0 Å². The Labute approximate surface area is 209 Å². The van der Waals surface area contributed by atoms with Crippen LogP contribution in [0.3, 0.4) is 0 Å². The zero-order valence-electron chi connectivity index (χ0n) is 20.6. The first kappa shape index (κ1) is 27.4.